The van der Waals surface area contributed by atoms with Crippen LogP contribution in [0.15, 0.2) is 18.2 Å². The summed E-state index contributed by atoms with van der Waals surface area (Å²) >= 11 is 0. The molecule has 0 aliphatic carbocycles. The SMILES string of the molecule is Br.COC(=O)CCCCOc1c(N2CCC(C#N)C2)cc(C(=O)CN2Cc3cc(OC)c(OC)c(F)c3C2=N)cc1C(C)(C)C. The molecule has 1 unspecified atom stereocenters. The number of carbonyl (C=O) groups excluding carboxylic acids is 2. The molecule has 0 saturated carbocycles. The molecule has 45 heavy (non-hydrogen) atoms. The molecule has 0 bridgehead atoms. The molecular formula is C33H42BrFN4O6. The molecule has 0 aromatic heterocycles. The Morgan fingerprint density at radius 2 is 1.84 bits per heavy atom. The maximum atomic E-state index is 15.3. The number of carbonyl (C=O) groups is 2. The van der Waals surface area contributed by atoms with Gasteiger partial charge in [-0.3, -0.25) is 15.0 Å². The van der Waals surface area contributed by atoms with Gasteiger partial charge in [0.2, 0.25) is 0 Å². The maximum Gasteiger partial charge on any atom is 0.305 e. The van der Waals surface area contributed by atoms with Crippen LogP contribution in [0, 0.1) is 28.5 Å². The third-order valence-electron chi connectivity index (χ3n) is 8.10. The van der Waals surface area contributed by atoms with Crippen LogP contribution in [-0.4, -0.2) is 70.1 Å². The molecule has 2 aliphatic rings. The van der Waals surface area contributed by atoms with Crippen LogP contribution < -0.4 is 19.1 Å². The van der Waals surface area contributed by atoms with E-state index in [-0.39, 0.29) is 70.6 Å². The number of nitrogens with zero attached hydrogens (tertiary/aromatic N) is 3. The van der Waals surface area contributed by atoms with Crippen molar-refractivity contribution in [1.29, 1.82) is 10.7 Å². The molecule has 0 amide bonds. The highest BCUT2D eigenvalue weighted by Gasteiger charge is 2.34. The van der Waals surface area contributed by atoms with Crippen molar-refractivity contribution in [3.05, 3.63) is 46.3 Å². The van der Waals surface area contributed by atoms with Gasteiger partial charge in [0.05, 0.1) is 57.7 Å². The third kappa shape index (κ3) is 7.69. The maximum absolute atomic E-state index is 15.3. The Bertz CT molecular complexity index is 1490. The lowest BCUT2D eigenvalue weighted by molar-refractivity contribution is -0.140. The Kier molecular flexibility index (Phi) is 11.8. The number of ether oxygens (including phenoxy) is 4. The normalized spacial score (nSPS) is 15.7. The Morgan fingerprint density at radius 3 is 2.44 bits per heavy atom. The average molecular weight is 690 g/mol. The largest absolute Gasteiger partial charge is 0.493 e. The van der Waals surface area contributed by atoms with Crippen molar-refractivity contribution in [1.82, 2.24) is 4.90 Å². The minimum atomic E-state index is -0.687. The van der Waals surface area contributed by atoms with E-state index in [1.54, 1.807) is 17.0 Å². The Hall–Kier alpha value is -3.85. The average Bonchev–Trinajstić information content (AvgIpc) is 3.60. The van der Waals surface area contributed by atoms with Gasteiger partial charge in [-0.2, -0.15) is 5.26 Å². The number of halogens is 2. The number of Topliss-reactive ketones (excluding diaryl/α,β-unsaturated/α-hetero) is 1. The lowest BCUT2D eigenvalue weighted by atomic mass is 9.84. The summed E-state index contributed by atoms with van der Waals surface area (Å²) < 4.78 is 36.9. The molecule has 12 heteroatoms. The fourth-order valence-corrected chi connectivity index (χ4v) is 5.67. The highest BCUT2D eigenvalue weighted by atomic mass is 79.9. The van der Waals surface area contributed by atoms with Crippen molar-refractivity contribution < 1.29 is 32.9 Å². The van der Waals surface area contributed by atoms with Crippen molar-refractivity contribution in [2.75, 3.05) is 52.5 Å². The zero-order valence-electron chi connectivity index (χ0n) is 26.8. The molecule has 244 valence electrons. The summed E-state index contributed by atoms with van der Waals surface area (Å²) in [5.41, 5.74) is 2.28. The number of ketones is 1. The standard InChI is InChI=1S/C33H41FN4O6.BrH/c1-33(2,3)23-13-21(25(39)19-38-18-22-15-26(41-4)31(43-6)29(34)28(22)32(38)36)14-24(37-11-10-20(16-35)17-37)30(23)44-12-8-7-9-27(40)42-5;/h13-15,20,36H,7-12,17-19H2,1-6H3;1H. The summed E-state index contributed by atoms with van der Waals surface area (Å²) in [5.74, 6) is -0.592. The van der Waals surface area contributed by atoms with Gasteiger partial charge in [0.15, 0.2) is 23.1 Å². The van der Waals surface area contributed by atoms with Gasteiger partial charge in [-0.05, 0) is 48.4 Å². The first-order valence-corrected chi connectivity index (χ1v) is 14.8. The summed E-state index contributed by atoms with van der Waals surface area (Å²) in [6, 6.07) is 7.64. The zero-order valence-corrected chi connectivity index (χ0v) is 28.5. The van der Waals surface area contributed by atoms with Gasteiger partial charge in [-0.1, -0.05) is 20.8 Å². The predicted molar refractivity (Wildman–Crippen MR) is 174 cm³/mol. The van der Waals surface area contributed by atoms with Crippen molar-refractivity contribution in [3.63, 3.8) is 0 Å². The van der Waals surface area contributed by atoms with E-state index in [1.165, 1.54) is 21.3 Å². The molecule has 1 N–H and O–H groups in total. The van der Waals surface area contributed by atoms with Crippen molar-refractivity contribution in [2.24, 2.45) is 5.92 Å². The van der Waals surface area contributed by atoms with E-state index in [1.807, 2.05) is 26.8 Å². The van der Waals surface area contributed by atoms with Crippen molar-refractivity contribution >= 4 is 40.3 Å². The number of benzene rings is 2. The molecule has 2 aromatic carbocycles. The van der Waals surface area contributed by atoms with E-state index in [4.69, 9.17) is 24.4 Å². The van der Waals surface area contributed by atoms with Crippen LogP contribution in [0.4, 0.5) is 10.1 Å². The molecular weight excluding hydrogens is 647 g/mol. The highest BCUT2D eigenvalue weighted by Crippen LogP contribution is 2.43. The van der Waals surface area contributed by atoms with Crippen LogP contribution >= 0.6 is 17.0 Å². The summed E-state index contributed by atoms with van der Waals surface area (Å²) in [5, 5.41) is 18.2. The van der Waals surface area contributed by atoms with Crippen LogP contribution in [-0.2, 0) is 21.5 Å². The Morgan fingerprint density at radius 1 is 1.11 bits per heavy atom. The number of esters is 1. The number of hydrogen-bond acceptors (Lipinski definition) is 9. The van der Waals surface area contributed by atoms with Gasteiger partial charge in [0, 0.05) is 37.2 Å². The smallest absolute Gasteiger partial charge is 0.305 e. The van der Waals surface area contributed by atoms with E-state index in [0.717, 1.165) is 11.3 Å². The first kappa shape index (κ1) is 35.6. The number of fused-ring (bicyclic) bond motifs is 1. The number of nitriles is 1. The van der Waals surface area contributed by atoms with Crippen molar-refractivity contribution in [2.45, 2.75) is 58.4 Å². The molecule has 4 rings (SSSR count). The minimum Gasteiger partial charge on any atom is -0.493 e. The van der Waals surface area contributed by atoms with Crippen molar-refractivity contribution in [3.8, 4) is 23.3 Å². The first-order chi connectivity index (χ1) is 20.9. The van der Waals surface area contributed by atoms with Crippen LogP contribution in [0.1, 0.15) is 73.5 Å². The van der Waals surface area contributed by atoms with Crippen LogP contribution in [0.2, 0.25) is 0 Å². The zero-order chi connectivity index (χ0) is 32.2. The van der Waals surface area contributed by atoms with Gasteiger partial charge >= 0.3 is 5.97 Å². The number of rotatable bonds is 12. The number of unbranched alkanes of at least 4 members (excludes halogenated alkanes) is 1. The second-order valence-corrected chi connectivity index (χ2v) is 12.2. The van der Waals surface area contributed by atoms with Gasteiger partial charge in [0.1, 0.15) is 11.6 Å². The number of amidine groups is 1. The first-order valence-electron chi connectivity index (χ1n) is 14.8. The molecule has 2 aliphatic heterocycles. The van der Waals surface area contributed by atoms with Crippen LogP contribution in [0.3, 0.4) is 0 Å². The van der Waals surface area contributed by atoms with E-state index in [0.29, 0.717) is 62.3 Å². The van der Waals surface area contributed by atoms with Gasteiger partial charge in [-0.25, -0.2) is 4.39 Å². The summed E-state index contributed by atoms with van der Waals surface area (Å²) in [4.78, 5) is 29.0. The minimum absolute atomic E-state index is 0. The summed E-state index contributed by atoms with van der Waals surface area (Å²) in [6.07, 6.45) is 2.27. The lowest BCUT2D eigenvalue weighted by Gasteiger charge is -2.30. The van der Waals surface area contributed by atoms with Gasteiger partial charge < -0.3 is 28.7 Å². The number of methoxy groups -OCH3 is 3. The number of anilines is 1. The van der Waals surface area contributed by atoms with E-state index >= 15 is 4.39 Å². The second kappa shape index (κ2) is 15.0. The fraction of sp³-hybridized carbons (Fsp3) is 0.515. The lowest BCUT2D eigenvalue weighted by Crippen LogP contribution is -2.31. The van der Waals surface area contributed by atoms with Crippen LogP contribution in [0.5, 0.6) is 17.2 Å². The third-order valence-corrected chi connectivity index (χ3v) is 8.10. The molecule has 1 atom stereocenters. The number of hydrogen-bond donors (Lipinski definition) is 1. The van der Waals surface area contributed by atoms with Crippen LogP contribution in [0.25, 0.3) is 0 Å². The fourth-order valence-electron chi connectivity index (χ4n) is 5.67. The van der Waals surface area contributed by atoms with Gasteiger partial charge in [0.25, 0.3) is 0 Å². The topological polar surface area (TPSA) is 125 Å². The molecule has 1 saturated heterocycles. The number of nitrogens with one attached hydrogen (secondary N) is 1. The summed E-state index contributed by atoms with van der Waals surface area (Å²) in [7, 11) is 4.13. The monoisotopic (exact) mass is 688 g/mol. The molecule has 0 spiro atoms. The molecule has 2 heterocycles. The molecule has 2 aromatic rings. The Balaban J connectivity index is 0.00000552. The molecule has 10 nitrogen and oxygen atoms in total. The molecule has 0 radical (unpaired) electrons. The van der Waals surface area contributed by atoms with E-state index < -0.39 is 11.2 Å². The Labute approximate surface area is 274 Å². The summed E-state index contributed by atoms with van der Waals surface area (Å²) in [6.45, 7) is 7.72. The predicted octanol–water partition coefficient (Wildman–Crippen LogP) is 5.81. The molecule has 1 fully saturated rings. The second-order valence-electron chi connectivity index (χ2n) is 12.2. The van der Waals surface area contributed by atoms with E-state index in [9.17, 15) is 14.9 Å². The quantitative estimate of drug-likeness (QED) is 0.167. The van der Waals surface area contributed by atoms with E-state index in [2.05, 4.69) is 11.0 Å². The highest BCUT2D eigenvalue weighted by molar-refractivity contribution is 8.93. The van der Waals surface area contributed by atoms with Gasteiger partial charge in [-0.15, -0.1) is 17.0 Å².